The molecule has 0 saturated carbocycles. The first-order valence-electron chi connectivity index (χ1n) is 11.3. The van der Waals surface area contributed by atoms with Crippen molar-refractivity contribution in [3.8, 4) is 5.75 Å². The second-order valence-electron chi connectivity index (χ2n) is 8.73. The Kier molecular flexibility index (Phi) is 6.90. The van der Waals surface area contributed by atoms with Gasteiger partial charge in [0.15, 0.2) is 12.4 Å². The molecular weight excluding hydrogens is 400 g/mol. The van der Waals surface area contributed by atoms with Crippen molar-refractivity contribution in [1.29, 1.82) is 0 Å². The number of ether oxygens (including phenoxy) is 1. The molecule has 1 aliphatic rings. The minimum Gasteiger partial charge on any atom is -0.471 e. The molecule has 0 atom stereocenters. The third kappa shape index (κ3) is 5.37. The molecule has 2 heterocycles. The van der Waals surface area contributed by atoms with Crippen molar-refractivity contribution < 1.29 is 9.53 Å². The van der Waals surface area contributed by atoms with E-state index in [-0.39, 0.29) is 12.6 Å². The third-order valence-corrected chi connectivity index (χ3v) is 6.08. The van der Waals surface area contributed by atoms with E-state index in [2.05, 4.69) is 67.2 Å². The topological polar surface area (TPSA) is 50.6 Å². The third-order valence-electron chi connectivity index (χ3n) is 6.08. The standard InChI is InChI=1S/C26H32N4O2/c1-20(2)22-8-10-24(11-9-22)32-19-30-13-12-25(27-30)26(31)29-16-14-28(15-17-29)18-23-7-5-4-6-21(23)3/h4-13,20H,14-19H2,1-3H3. The Hall–Kier alpha value is -3.12. The van der Waals surface area contributed by atoms with Crippen LogP contribution in [0.4, 0.5) is 0 Å². The molecule has 3 aromatic rings. The first kappa shape index (κ1) is 22.1. The highest BCUT2D eigenvalue weighted by molar-refractivity contribution is 5.92. The monoisotopic (exact) mass is 432 g/mol. The van der Waals surface area contributed by atoms with Crippen molar-refractivity contribution in [2.24, 2.45) is 0 Å². The summed E-state index contributed by atoms with van der Waals surface area (Å²) < 4.78 is 7.48. The number of carbonyl (C=O) groups is 1. The summed E-state index contributed by atoms with van der Waals surface area (Å²) in [5.41, 5.74) is 4.42. The van der Waals surface area contributed by atoms with Crippen molar-refractivity contribution in [2.75, 3.05) is 26.2 Å². The molecule has 1 saturated heterocycles. The molecular formula is C26H32N4O2. The molecule has 32 heavy (non-hydrogen) atoms. The zero-order valence-corrected chi connectivity index (χ0v) is 19.2. The van der Waals surface area contributed by atoms with Crippen molar-refractivity contribution in [3.63, 3.8) is 0 Å². The van der Waals surface area contributed by atoms with Crippen LogP contribution in [-0.4, -0.2) is 51.7 Å². The van der Waals surface area contributed by atoms with Gasteiger partial charge in [0.1, 0.15) is 5.75 Å². The van der Waals surface area contributed by atoms with Crippen LogP contribution in [-0.2, 0) is 13.3 Å². The van der Waals surface area contributed by atoms with Gasteiger partial charge in [-0.3, -0.25) is 9.69 Å². The zero-order chi connectivity index (χ0) is 22.5. The molecule has 6 nitrogen and oxygen atoms in total. The van der Waals surface area contributed by atoms with Gasteiger partial charge in [0.25, 0.3) is 5.91 Å². The predicted molar refractivity (Wildman–Crippen MR) is 126 cm³/mol. The Labute approximate surface area is 190 Å². The number of amides is 1. The van der Waals surface area contributed by atoms with E-state index in [0.29, 0.717) is 11.6 Å². The van der Waals surface area contributed by atoms with Crippen LogP contribution in [0.5, 0.6) is 5.75 Å². The molecule has 0 N–H and O–H groups in total. The van der Waals surface area contributed by atoms with Crippen LogP contribution in [0.1, 0.15) is 46.9 Å². The highest BCUT2D eigenvalue weighted by Crippen LogP contribution is 2.19. The van der Waals surface area contributed by atoms with E-state index in [4.69, 9.17) is 4.74 Å². The summed E-state index contributed by atoms with van der Waals surface area (Å²) in [7, 11) is 0. The molecule has 4 rings (SSSR count). The number of piperazine rings is 1. The number of aromatic nitrogens is 2. The van der Waals surface area contributed by atoms with E-state index in [0.717, 1.165) is 38.5 Å². The molecule has 0 radical (unpaired) electrons. The quantitative estimate of drug-likeness (QED) is 0.558. The maximum atomic E-state index is 12.9. The van der Waals surface area contributed by atoms with E-state index in [1.54, 1.807) is 16.9 Å². The summed E-state index contributed by atoms with van der Waals surface area (Å²) in [4.78, 5) is 17.2. The molecule has 6 heteroatoms. The number of aryl methyl sites for hydroxylation is 1. The van der Waals surface area contributed by atoms with Gasteiger partial charge in [-0.05, 0) is 47.7 Å². The molecule has 1 aliphatic heterocycles. The number of hydrogen-bond donors (Lipinski definition) is 0. The van der Waals surface area contributed by atoms with Crippen LogP contribution in [0.3, 0.4) is 0 Å². The van der Waals surface area contributed by atoms with Crippen LogP contribution in [0.25, 0.3) is 0 Å². The van der Waals surface area contributed by atoms with Gasteiger partial charge in [0.2, 0.25) is 0 Å². The molecule has 2 aromatic carbocycles. The predicted octanol–water partition coefficient (Wildman–Crippen LogP) is 4.31. The van der Waals surface area contributed by atoms with Crippen molar-refractivity contribution in [2.45, 2.75) is 40.0 Å². The molecule has 0 aliphatic carbocycles. The Morgan fingerprint density at radius 1 is 1.00 bits per heavy atom. The van der Waals surface area contributed by atoms with Crippen LogP contribution in [0.15, 0.2) is 60.8 Å². The minimum absolute atomic E-state index is 0.0134. The second-order valence-corrected chi connectivity index (χ2v) is 8.73. The number of benzene rings is 2. The van der Waals surface area contributed by atoms with Gasteiger partial charge in [0, 0.05) is 38.9 Å². The highest BCUT2D eigenvalue weighted by atomic mass is 16.5. The van der Waals surface area contributed by atoms with Crippen LogP contribution in [0, 0.1) is 6.92 Å². The highest BCUT2D eigenvalue weighted by Gasteiger charge is 2.24. The summed E-state index contributed by atoms with van der Waals surface area (Å²) in [6.07, 6.45) is 1.80. The maximum absolute atomic E-state index is 12.9. The number of rotatable bonds is 7. The van der Waals surface area contributed by atoms with E-state index in [9.17, 15) is 4.79 Å². The summed E-state index contributed by atoms with van der Waals surface area (Å²) in [5.74, 6) is 1.27. The Balaban J connectivity index is 1.27. The smallest absolute Gasteiger partial charge is 0.274 e. The number of nitrogens with zero attached hydrogens (tertiary/aromatic N) is 4. The lowest BCUT2D eigenvalue weighted by molar-refractivity contribution is 0.0620. The molecule has 168 valence electrons. The first-order valence-corrected chi connectivity index (χ1v) is 11.3. The Morgan fingerprint density at radius 3 is 2.41 bits per heavy atom. The lowest BCUT2D eigenvalue weighted by atomic mass is 10.0. The van der Waals surface area contributed by atoms with Crippen molar-refractivity contribution in [1.82, 2.24) is 19.6 Å². The molecule has 0 bridgehead atoms. The molecule has 1 amide bonds. The number of carbonyl (C=O) groups excluding carboxylic acids is 1. The fourth-order valence-corrected chi connectivity index (χ4v) is 3.94. The summed E-state index contributed by atoms with van der Waals surface area (Å²) >= 11 is 0. The SMILES string of the molecule is Cc1ccccc1CN1CCN(C(=O)c2ccn(COc3ccc(C(C)C)cc3)n2)CC1. The Morgan fingerprint density at radius 2 is 1.72 bits per heavy atom. The summed E-state index contributed by atoms with van der Waals surface area (Å²) in [6.45, 7) is 10.9. The molecule has 0 unspecified atom stereocenters. The maximum Gasteiger partial charge on any atom is 0.274 e. The van der Waals surface area contributed by atoms with E-state index in [1.165, 1.54) is 16.7 Å². The largest absolute Gasteiger partial charge is 0.471 e. The van der Waals surface area contributed by atoms with Crippen molar-refractivity contribution in [3.05, 3.63) is 83.2 Å². The fraction of sp³-hybridized carbons (Fsp3) is 0.385. The Bertz CT molecular complexity index is 1030. The number of hydrogen-bond acceptors (Lipinski definition) is 4. The zero-order valence-electron chi connectivity index (χ0n) is 19.2. The van der Waals surface area contributed by atoms with Gasteiger partial charge in [0.05, 0.1) is 0 Å². The average molecular weight is 433 g/mol. The molecule has 1 fully saturated rings. The summed E-state index contributed by atoms with van der Waals surface area (Å²) in [5, 5.41) is 4.43. The van der Waals surface area contributed by atoms with E-state index in [1.807, 2.05) is 17.0 Å². The van der Waals surface area contributed by atoms with Gasteiger partial charge >= 0.3 is 0 Å². The molecule has 1 aromatic heterocycles. The normalized spacial score (nSPS) is 14.7. The lowest BCUT2D eigenvalue weighted by Gasteiger charge is -2.34. The van der Waals surface area contributed by atoms with E-state index >= 15 is 0 Å². The van der Waals surface area contributed by atoms with Crippen LogP contribution >= 0.6 is 0 Å². The van der Waals surface area contributed by atoms with Crippen LogP contribution in [0.2, 0.25) is 0 Å². The second kappa shape index (κ2) is 10.0. The van der Waals surface area contributed by atoms with Gasteiger partial charge < -0.3 is 9.64 Å². The van der Waals surface area contributed by atoms with Gasteiger partial charge in [-0.15, -0.1) is 0 Å². The van der Waals surface area contributed by atoms with Gasteiger partial charge in [-0.2, -0.15) is 5.10 Å². The van der Waals surface area contributed by atoms with Crippen LogP contribution < -0.4 is 4.74 Å². The average Bonchev–Trinajstić information content (AvgIpc) is 3.29. The van der Waals surface area contributed by atoms with Crippen molar-refractivity contribution >= 4 is 5.91 Å². The van der Waals surface area contributed by atoms with Gasteiger partial charge in [-0.25, -0.2) is 4.68 Å². The van der Waals surface area contributed by atoms with Gasteiger partial charge in [-0.1, -0.05) is 50.2 Å². The fourth-order valence-electron chi connectivity index (χ4n) is 3.94. The molecule has 0 spiro atoms. The lowest BCUT2D eigenvalue weighted by Crippen LogP contribution is -2.48. The van der Waals surface area contributed by atoms with E-state index < -0.39 is 0 Å². The first-order chi connectivity index (χ1) is 15.5. The minimum atomic E-state index is -0.0134. The summed E-state index contributed by atoms with van der Waals surface area (Å²) in [6, 6.07) is 18.4.